The Balaban J connectivity index is 1.83. The molecule has 0 atom stereocenters. The summed E-state index contributed by atoms with van der Waals surface area (Å²) in [5.41, 5.74) is 2.89. The number of anilines is 2. The summed E-state index contributed by atoms with van der Waals surface area (Å²) in [5, 5.41) is 6.03. The molecule has 0 saturated carbocycles. The van der Waals surface area contributed by atoms with Gasteiger partial charge in [0.25, 0.3) is 5.91 Å². The van der Waals surface area contributed by atoms with Crippen LogP contribution >= 0.6 is 27.5 Å². The van der Waals surface area contributed by atoms with Gasteiger partial charge in [-0.2, -0.15) is 0 Å². The Hall–Kier alpha value is -1.85. The number of hydrogen-bond acceptors (Lipinski definition) is 2. The van der Waals surface area contributed by atoms with E-state index in [2.05, 4.69) is 26.6 Å². The Morgan fingerprint density at radius 2 is 2.00 bits per heavy atom. The lowest BCUT2D eigenvalue weighted by Gasteiger charge is -2.18. The molecular weight excluding hydrogens is 368 g/mol. The molecule has 0 radical (unpaired) electrons. The van der Waals surface area contributed by atoms with E-state index in [-0.39, 0.29) is 11.8 Å². The van der Waals surface area contributed by atoms with Crippen molar-refractivity contribution >= 4 is 50.7 Å². The lowest BCUT2D eigenvalue weighted by Crippen LogP contribution is -2.19. The van der Waals surface area contributed by atoms with Crippen molar-refractivity contribution in [2.75, 3.05) is 10.6 Å². The molecule has 3 rings (SSSR count). The molecule has 0 fully saturated rings. The van der Waals surface area contributed by atoms with Gasteiger partial charge in [0.05, 0.1) is 10.6 Å². The molecule has 1 heterocycles. The second kappa shape index (κ2) is 6.10. The zero-order valence-corrected chi connectivity index (χ0v) is 13.8. The fraction of sp³-hybridized carbons (Fsp3) is 0.125. The predicted octanol–water partition coefficient (Wildman–Crippen LogP) is 4.24. The maximum absolute atomic E-state index is 12.3. The molecule has 2 amide bonds. The van der Waals surface area contributed by atoms with E-state index >= 15 is 0 Å². The largest absolute Gasteiger partial charge is 0.326 e. The van der Waals surface area contributed by atoms with Crippen molar-refractivity contribution in [3.63, 3.8) is 0 Å². The Morgan fingerprint density at radius 1 is 1.18 bits per heavy atom. The summed E-state index contributed by atoms with van der Waals surface area (Å²) in [6, 6.07) is 10.6. The molecule has 2 aromatic rings. The van der Waals surface area contributed by atoms with Gasteiger partial charge in [0.1, 0.15) is 0 Å². The van der Waals surface area contributed by atoms with Gasteiger partial charge in [-0.1, -0.05) is 27.5 Å². The van der Waals surface area contributed by atoms with Gasteiger partial charge in [-0.3, -0.25) is 9.59 Å². The van der Waals surface area contributed by atoms with E-state index in [0.29, 0.717) is 29.1 Å². The van der Waals surface area contributed by atoms with Crippen molar-refractivity contribution in [3.05, 3.63) is 57.0 Å². The van der Waals surface area contributed by atoms with Gasteiger partial charge in [0, 0.05) is 22.3 Å². The monoisotopic (exact) mass is 378 g/mol. The molecule has 0 bridgehead atoms. The number of carbonyl (C=O) groups excluding carboxylic acids is 2. The van der Waals surface area contributed by atoms with Crippen molar-refractivity contribution in [2.45, 2.75) is 12.8 Å². The second-order valence-corrected chi connectivity index (χ2v) is 6.32. The topological polar surface area (TPSA) is 58.2 Å². The highest BCUT2D eigenvalue weighted by Gasteiger charge is 2.16. The van der Waals surface area contributed by atoms with E-state index < -0.39 is 0 Å². The number of hydrogen-bond donors (Lipinski definition) is 2. The summed E-state index contributed by atoms with van der Waals surface area (Å²) in [6.45, 7) is 0. The standard InChI is InChI=1S/C16H12BrClN2O2/c17-10-2-4-13(18)12(8-10)16(22)19-11-3-5-14-9(7-11)1-6-15(21)20-14/h2-5,7-8H,1,6H2,(H,19,22)(H,20,21). The minimum atomic E-state index is -0.272. The molecule has 4 nitrogen and oxygen atoms in total. The van der Waals surface area contributed by atoms with Crippen LogP contribution in [0.5, 0.6) is 0 Å². The van der Waals surface area contributed by atoms with Gasteiger partial charge in [-0.05, 0) is 48.4 Å². The number of halogens is 2. The summed E-state index contributed by atoms with van der Waals surface area (Å²) >= 11 is 9.39. The number of fused-ring (bicyclic) bond motifs is 1. The van der Waals surface area contributed by atoms with Crippen LogP contribution in [0.3, 0.4) is 0 Å². The van der Waals surface area contributed by atoms with Crippen LogP contribution < -0.4 is 10.6 Å². The number of amides is 2. The van der Waals surface area contributed by atoms with E-state index in [1.165, 1.54) is 0 Å². The summed E-state index contributed by atoms with van der Waals surface area (Å²) in [5.74, 6) is -0.253. The number of benzene rings is 2. The Kier molecular flexibility index (Phi) is 4.18. The molecule has 0 aliphatic carbocycles. The highest BCUT2D eigenvalue weighted by atomic mass is 79.9. The quantitative estimate of drug-likeness (QED) is 0.820. The van der Waals surface area contributed by atoms with Gasteiger partial charge in [0.2, 0.25) is 5.91 Å². The average Bonchev–Trinajstić information content (AvgIpc) is 2.49. The van der Waals surface area contributed by atoms with Crippen molar-refractivity contribution in [1.82, 2.24) is 0 Å². The molecule has 6 heteroatoms. The maximum Gasteiger partial charge on any atom is 0.257 e. The van der Waals surface area contributed by atoms with Gasteiger partial charge in [-0.25, -0.2) is 0 Å². The summed E-state index contributed by atoms with van der Waals surface area (Å²) in [4.78, 5) is 23.7. The molecular formula is C16H12BrClN2O2. The van der Waals surface area contributed by atoms with Crippen LogP contribution in [0.2, 0.25) is 5.02 Å². The van der Waals surface area contributed by atoms with Crippen LogP contribution in [-0.4, -0.2) is 11.8 Å². The van der Waals surface area contributed by atoms with Gasteiger partial charge in [-0.15, -0.1) is 0 Å². The zero-order chi connectivity index (χ0) is 15.7. The number of carbonyl (C=O) groups is 2. The fourth-order valence-electron chi connectivity index (χ4n) is 2.33. The summed E-state index contributed by atoms with van der Waals surface area (Å²) in [6.07, 6.45) is 1.13. The lowest BCUT2D eigenvalue weighted by atomic mass is 10.0. The molecule has 1 aliphatic heterocycles. The normalized spacial score (nSPS) is 13.3. The van der Waals surface area contributed by atoms with Crippen LogP contribution in [-0.2, 0) is 11.2 Å². The third kappa shape index (κ3) is 3.15. The molecule has 0 spiro atoms. The Labute approximate surface area is 141 Å². The number of nitrogens with one attached hydrogen (secondary N) is 2. The van der Waals surface area contributed by atoms with Crippen molar-refractivity contribution in [3.8, 4) is 0 Å². The van der Waals surface area contributed by atoms with Crippen LogP contribution in [0.25, 0.3) is 0 Å². The predicted molar refractivity (Wildman–Crippen MR) is 90.5 cm³/mol. The van der Waals surface area contributed by atoms with Crippen molar-refractivity contribution in [1.29, 1.82) is 0 Å². The first kappa shape index (κ1) is 15.1. The van der Waals surface area contributed by atoms with Crippen molar-refractivity contribution in [2.24, 2.45) is 0 Å². The van der Waals surface area contributed by atoms with E-state index in [1.54, 1.807) is 30.3 Å². The minimum absolute atomic E-state index is 0.0187. The third-order valence-corrected chi connectivity index (χ3v) is 4.25. The third-order valence-electron chi connectivity index (χ3n) is 3.43. The molecule has 0 unspecified atom stereocenters. The van der Waals surface area contributed by atoms with Gasteiger partial charge in [0.15, 0.2) is 0 Å². The van der Waals surface area contributed by atoms with Crippen LogP contribution in [0.1, 0.15) is 22.3 Å². The number of rotatable bonds is 2. The Bertz CT molecular complexity index is 777. The first-order valence-corrected chi connectivity index (χ1v) is 7.89. The smallest absolute Gasteiger partial charge is 0.257 e. The first-order chi connectivity index (χ1) is 10.5. The lowest BCUT2D eigenvalue weighted by molar-refractivity contribution is -0.116. The molecule has 1 aliphatic rings. The molecule has 0 aromatic heterocycles. The van der Waals surface area contributed by atoms with Crippen LogP contribution in [0.15, 0.2) is 40.9 Å². The highest BCUT2D eigenvalue weighted by molar-refractivity contribution is 9.10. The van der Waals surface area contributed by atoms with E-state index in [4.69, 9.17) is 11.6 Å². The van der Waals surface area contributed by atoms with E-state index in [9.17, 15) is 9.59 Å². The number of aryl methyl sites for hydroxylation is 1. The van der Waals surface area contributed by atoms with Crippen LogP contribution in [0, 0.1) is 0 Å². The van der Waals surface area contributed by atoms with Gasteiger partial charge < -0.3 is 10.6 Å². The van der Waals surface area contributed by atoms with E-state index in [1.807, 2.05) is 6.07 Å². The van der Waals surface area contributed by atoms with Gasteiger partial charge >= 0.3 is 0 Å². The Morgan fingerprint density at radius 3 is 2.82 bits per heavy atom. The average molecular weight is 380 g/mol. The highest BCUT2D eigenvalue weighted by Crippen LogP contribution is 2.27. The maximum atomic E-state index is 12.3. The zero-order valence-electron chi connectivity index (χ0n) is 11.5. The second-order valence-electron chi connectivity index (χ2n) is 5.00. The molecule has 112 valence electrons. The van der Waals surface area contributed by atoms with Crippen molar-refractivity contribution < 1.29 is 9.59 Å². The minimum Gasteiger partial charge on any atom is -0.326 e. The van der Waals surface area contributed by atoms with Crippen LogP contribution in [0.4, 0.5) is 11.4 Å². The molecule has 2 N–H and O–H groups in total. The summed E-state index contributed by atoms with van der Waals surface area (Å²) < 4.78 is 0.787. The van der Waals surface area contributed by atoms with E-state index in [0.717, 1.165) is 15.7 Å². The fourth-order valence-corrected chi connectivity index (χ4v) is 2.90. The summed E-state index contributed by atoms with van der Waals surface area (Å²) in [7, 11) is 0. The molecule has 2 aromatic carbocycles. The SMILES string of the molecule is O=C1CCc2cc(NC(=O)c3cc(Br)ccc3Cl)ccc2N1. The molecule has 0 saturated heterocycles. The first-order valence-electron chi connectivity index (χ1n) is 6.72. The molecule has 22 heavy (non-hydrogen) atoms.